The SMILES string of the molecule is Cc1cccc(-c2cnc3cc(=O)[nH]n3c2)c1. The Balaban J connectivity index is 2.20. The molecule has 0 amide bonds. The minimum Gasteiger partial charge on any atom is -0.268 e. The zero-order valence-corrected chi connectivity index (χ0v) is 9.34. The lowest BCUT2D eigenvalue weighted by atomic mass is 10.1. The molecule has 2 heterocycles. The fourth-order valence-corrected chi connectivity index (χ4v) is 1.87. The van der Waals surface area contributed by atoms with Crippen LogP contribution < -0.4 is 5.56 Å². The monoisotopic (exact) mass is 225 g/mol. The van der Waals surface area contributed by atoms with Gasteiger partial charge in [0.2, 0.25) is 0 Å². The van der Waals surface area contributed by atoms with E-state index in [1.165, 1.54) is 11.6 Å². The molecule has 4 heteroatoms. The van der Waals surface area contributed by atoms with Crippen molar-refractivity contribution in [1.82, 2.24) is 14.6 Å². The summed E-state index contributed by atoms with van der Waals surface area (Å²) in [5.74, 6) is 0. The van der Waals surface area contributed by atoms with Gasteiger partial charge in [0, 0.05) is 24.0 Å². The highest BCUT2D eigenvalue weighted by atomic mass is 16.1. The number of H-pyrrole nitrogens is 1. The van der Waals surface area contributed by atoms with E-state index in [9.17, 15) is 4.79 Å². The molecule has 0 aliphatic carbocycles. The van der Waals surface area contributed by atoms with Gasteiger partial charge in [-0.15, -0.1) is 0 Å². The van der Waals surface area contributed by atoms with Gasteiger partial charge in [-0.2, -0.15) is 0 Å². The summed E-state index contributed by atoms with van der Waals surface area (Å²) in [6.07, 6.45) is 3.65. The summed E-state index contributed by atoms with van der Waals surface area (Å²) in [6, 6.07) is 9.64. The van der Waals surface area contributed by atoms with Crippen LogP contribution in [0.3, 0.4) is 0 Å². The van der Waals surface area contributed by atoms with E-state index < -0.39 is 0 Å². The Labute approximate surface area is 97.5 Å². The minimum absolute atomic E-state index is 0.140. The molecule has 4 nitrogen and oxygen atoms in total. The fraction of sp³-hybridized carbons (Fsp3) is 0.0769. The van der Waals surface area contributed by atoms with Crippen LogP contribution in [0.2, 0.25) is 0 Å². The van der Waals surface area contributed by atoms with Crippen molar-refractivity contribution in [3.05, 3.63) is 58.6 Å². The molecule has 1 aromatic carbocycles. The molecule has 0 radical (unpaired) electrons. The van der Waals surface area contributed by atoms with Crippen molar-refractivity contribution in [3.8, 4) is 11.1 Å². The van der Waals surface area contributed by atoms with Crippen LogP contribution in [0.1, 0.15) is 5.56 Å². The average Bonchev–Trinajstić information content (AvgIpc) is 2.68. The van der Waals surface area contributed by atoms with E-state index in [-0.39, 0.29) is 5.56 Å². The largest absolute Gasteiger partial charge is 0.268 e. The first-order valence-electron chi connectivity index (χ1n) is 5.37. The van der Waals surface area contributed by atoms with Crippen molar-refractivity contribution in [1.29, 1.82) is 0 Å². The minimum atomic E-state index is -0.140. The average molecular weight is 225 g/mol. The Morgan fingerprint density at radius 1 is 1.24 bits per heavy atom. The summed E-state index contributed by atoms with van der Waals surface area (Å²) < 4.78 is 1.64. The Bertz CT molecular complexity index is 740. The molecule has 0 spiro atoms. The molecule has 1 N–H and O–H groups in total. The van der Waals surface area contributed by atoms with E-state index in [1.54, 1.807) is 10.7 Å². The van der Waals surface area contributed by atoms with Crippen LogP contribution in [0, 0.1) is 6.92 Å². The molecule has 0 atom stereocenters. The molecule has 0 unspecified atom stereocenters. The van der Waals surface area contributed by atoms with Crippen LogP contribution in [0.4, 0.5) is 0 Å². The van der Waals surface area contributed by atoms with Gasteiger partial charge < -0.3 is 0 Å². The fourth-order valence-electron chi connectivity index (χ4n) is 1.87. The van der Waals surface area contributed by atoms with Crippen molar-refractivity contribution < 1.29 is 0 Å². The van der Waals surface area contributed by atoms with Crippen LogP contribution in [-0.4, -0.2) is 14.6 Å². The third-order valence-electron chi connectivity index (χ3n) is 2.69. The Morgan fingerprint density at radius 3 is 2.94 bits per heavy atom. The van der Waals surface area contributed by atoms with Crippen molar-refractivity contribution in [3.63, 3.8) is 0 Å². The van der Waals surface area contributed by atoms with Crippen molar-refractivity contribution in [2.45, 2.75) is 6.92 Å². The molecule has 0 saturated carbocycles. The number of fused-ring (bicyclic) bond motifs is 1. The van der Waals surface area contributed by atoms with Gasteiger partial charge >= 0.3 is 0 Å². The Morgan fingerprint density at radius 2 is 2.12 bits per heavy atom. The zero-order chi connectivity index (χ0) is 11.8. The summed E-state index contributed by atoms with van der Waals surface area (Å²) >= 11 is 0. The van der Waals surface area contributed by atoms with E-state index >= 15 is 0 Å². The van der Waals surface area contributed by atoms with Crippen LogP contribution >= 0.6 is 0 Å². The van der Waals surface area contributed by atoms with Gasteiger partial charge in [-0.05, 0) is 12.5 Å². The molecule has 0 aliphatic rings. The smallest absolute Gasteiger partial charge is 0.266 e. The van der Waals surface area contributed by atoms with Gasteiger partial charge in [-0.3, -0.25) is 9.89 Å². The van der Waals surface area contributed by atoms with Gasteiger partial charge in [-0.1, -0.05) is 29.8 Å². The number of nitrogens with zero attached hydrogens (tertiary/aromatic N) is 2. The summed E-state index contributed by atoms with van der Waals surface area (Å²) in [7, 11) is 0. The van der Waals surface area contributed by atoms with E-state index in [0.717, 1.165) is 11.1 Å². The molecular formula is C13H11N3O. The quantitative estimate of drug-likeness (QED) is 0.688. The third kappa shape index (κ3) is 1.73. The normalized spacial score (nSPS) is 10.9. The van der Waals surface area contributed by atoms with E-state index in [2.05, 4.69) is 16.1 Å². The standard InChI is InChI=1S/C13H11N3O/c1-9-3-2-4-10(5-9)11-7-14-12-6-13(17)15-16(12)8-11/h2-8H,1H3,(H,15,17). The number of nitrogens with one attached hydrogen (secondary N) is 1. The highest BCUT2D eigenvalue weighted by Crippen LogP contribution is 2.19. The lowest BCUT2D eigenvalue weighted by Crippen LogP contribution is -1.98. The number of aryl methyl sites for hydroxylation is 1. The zero-order valence-electron chi connectivity index (χ0n) is 9.34. The molecule has 2 aromatic heterocycles. The molecule has 3 aromatic rings. The lowest BCUT2D eigenvalue weighted by molar-refractivity contribution is 0.921. The van der Waals surface area contributed by atoms with Gasteiger partial charge in [0.1, 0.15) is 0 Å². The first-order valence-corrected chi connectivity index (χ1v) is 5.37. The first kappa shape index (κ1) is 9.84. The molecule has 0 saturated heterocycles. The van der Waals surface area contributed by atoms with Crippen molar-refractivity contribution in [2.75, 3.05) is 0 Å². The van der Waals surface area contributed by atoms with E-state index in [1.807, 2.05) is 31.3 Å². The van der Waals surface area contributed by atoms with Gasteiger partial charge in [0.15, 0.2) is 5.65 Å². The van der Waals surface area contributed by atoms with Crippen molar-refractivity contribution >= 4 is 5.65 Å². The highest BCUT2D eigenvalue weighted by molar-refractivity contribution is 5.63. The number of aromatic amines is 1. The van der Waals surface area contributed by atoms with Crippen LogP contribution in [0.25, 0.3) is 16.8 Å². The summed E-state index contributed by atoms with van der Waals surface area (Å²) in [6.45, 7) is 2.05. The second-order valence-corrected chi connectivity index (χ2v) is 4.06. The number of aromatic nitrogens is 3. The maximum atomic E-state index is 11.2. The molecular weight excluding hydrogens is 214 g/mol. The predicted octanol–water partition coefficient (Wildman–Crippen LogP) is 2.00. The maximum Gasteiger partial charge on any atom is 0.266 e. The van der Waals surface area contributed by atoms with Gasteiger partial charge in [-0.25, -0.2) is 9.50 Å². The first-order chi connectivity index (χ1) is 8.22. The van der Waals surface area contributed by atoms with Crippen LogP contribution in [0.15, 0.2) is 47.5 Å². The van der Waals surface area contributed by atoms with Crippen LogP contribution in [0.5, 0.6) is 0 Å². The Hall–Kier alpha value is -2.36. The Kier molecular flexibility index (Phi) is 2.08. The summed E-state index contributed by atoms with van der Waals surface area (Å²) in [5, 5.41) is 2.68. The second kappa shape index (κ2) is 3.59. The second-order valence-electron chi connectivity index (χ2n) is 4.06. The summed E-state index contributed by atoms with van der Waals surface area (Å²) in [5.41, 5.74) is 3.76. The van der Waals surface area contributed by atoms with E-state index in [0.29, 0.717) is 5.65 Å². The third-order valence-corrected chi connectivity index (χ3v) is 2.69. The number of benzene rings is 1. The number of hydrogen-bond donors (Lipinski definition) is 1. The lowest BCUT2D eigenvalue weighted by Gasteiger charge is -2.03. The topological polar surface area (TPSA) is 50.2 Å². The number of rotatable bonds is 1. The van der Waals surface area contributed by atoms with Gasteiger partial charge in [0.05, 0.1) is 0 Å². The van der Waals surface area contributed by atoms with Crippen LogP contribution in [-0.2, 0) is 0 Å². The molecule has 0 bridgehead atoms. The molecule has 84 valence electrons. The van der Waals surface area contributed by atoms with Gasteiger partial charge in [0.25, 0.3) is 5.56 Å². The molecule has 3 rings (SSSR count). The molecule has 17 heavy (non-hydrogen) atoms. The maximum absolute atomic E-state index is 11.2. The molecule has 0 aliphatic heterocycles. The highest BCUT2D eigenvalue weighted by Gasteiger charge is 2.02. The predicted molar refractivity (Wildman–Crippen MR) is 66.0 cm³/mol. The van der Waals surface area contributed by atoms with Crippen molar-refractivity contribution in [2.24, 2.45) is 0 Å². The summed E-state index contributed by atoms with van der Waals surface area (Å²) in [4.78, 5) is 15.4. The van der Waals surface area contributed by atoms with E-state index in [4.69, 9.17) is 0 Å². The number of hydrogen-bond acceptors (Lipinski definition) is 2. The molecule has 0 fully saturated rings.